The molecule has 0 aliphatic carbocycles. The van der Waals surface area contributed by atoms with Crippen LogP contribution < -0.4 is 5.32 Å². The number of fused-ring (bicyclic) bond motifs is 2. The molecule has 3 heteroatoms. The molecule has 2 fully saturated rings. The van der Waals surface area contributed by atoms with E-state index in [0.29, 0.717) is 18.0 Å². The van der Waals surface area contributed by atoms with Crippen molar-refractivity contribution < 1.29 is 4.79 Å². The molecule has 2 aliphatic rings. The lowest BCUT2D eigenvalue weighted by atomic mass is 9.90. The second-order valence-electron chi connectivity index (χ2n) is 6.32. The second kappa shape index (κ2) is 5.96. The van der Waals surface area contributed by atoms with Crippen LogP contribution >= 0.6 is 0 Å². The molecule has 3 rings (SSSR count). The van der Waals surface area contributed by atoms with Crippen LogP contribution in [0.5, 0.6) is 0 Å². The third-order valence-electron chi connectivity index (χ3n) is 4.83. The average molecular weight is 272 g/mol. The molecule has 108 valence electrons. The van der Waals surface area contributed by atoms with Crippen molar-refractivity contribution >= 4 is 5.91 Å². The highest BCUT2D eigenvalue weighted by Crippen LogP contribution is 2.39. The second-order valence-corrected chi connectivity index (χ2v) is 6.32. The molecular formula is C17H24N2O. The molecule has 2 saturated heterocycles. The molecular weight excluding hydrogens is 248 g/mol. The number of nitrogens with one attached hydrogen (secondary N) is 1. The lowest BCUT2D eigenvalue weighted by molar-refractivity contribution is -0.119. The fourth-order valence-corrected chi connectivity index (χ4v) is 3.89. The number of amides is 1. The highest BCUT2D eigenvalue weighted by atomic mass is 16.1. The van der Waals surface area contributed by atoms with E-state index in [1.165, 1.54) is 31.2 Å². The third-order valence-corrected chi connectivity index (χ3v) is 4.83. The van der Waals surface area contributed by atoms with E-state index in [1.807, 2.05) is 0 Å². The topological polar surface area (TPSA) is 32.3 Å². The summed E-state index contributed by atoms with van der Waals surface area (Å²) in [7, 11) is 0. The van der Waals surface area contributed by atoms with Crippen LogP contribution in [0.2, 0.25) is 0 Å². The molecule has 0 aromatic heterocycles. The van der Waals surface area contributed by atoms with Crippen molar-refractivity contribution in [3.8, 4) is 0 Å². The lowest BCUT2D eigenvalue weighted by Gasteiger charge is -2.39. The normalized spacial score (nSPS) is 29.4. The number of carbonyl (C=O) groups is 1. The van der Waals surface area contributed by atoms with Crippen molar-refractivity contribution in [2.24, 2.45) is 5.92 Å². The molecule has 3 nitrogen and oxygen atoms in total. The van der Waals surface area contributed by atoms with Crippen LogP contribution in [-0.4, -0.2) is 29.4 Å². The number of hydrogen-bond donors (Lipinski definition) is 1. The first-order valence-corrected chi connectivity index (χ1v) is 7.76. The smallest absolute Gasteiger partial charge is 0.216 e. The Hall–Kier alpha value is -1.35. The number of hydrogen-bond acceptors (Lipinski definition) is 2. The third kappa shape index (κ3) is 3.04. The summed E-state index contributed by atoms with van der Waals surface area (Å²) in [4.78, 5) is 13.7. The predicted molar refractivity (Wildman–Crippen MR) is 80.2 cm³/mol. The number of carbonyl (C=O) groups excluding carboxylic acids is 1. The maximum atomic E-state index is 11.0. The van der Waals surface area contributed by atoms with Gasteiger partial charge >= 0.3 is 0 Å². The van der Waals surface area contributed by atoms with E-state index < -0.39 is 0 Å². The molecule has 2 heterocycles. The number of nitrogens with zero attached hydrogens (tertiary/aromatic N) is 1. The summed E-state index contributed by atoms with van der Waals surface area (Å²) in [6.07, 6.45) is 5.13. The van der Waals surface area contributed by atoms with Crippen LogP contribution in [0.1, 0.15) is 38.2 Å². The van der Waals surface area contributed by atoms with Gasteiger partial charge in [0.15, 0.2) is 0 Å². The van der Waals surface area contributed by atoms with Gasteiger partial charge in [0.25, 0.3) is 0 Å². The molecule has 0 spiro atoms. The standard InChI is InChI=1S/C17H24N2O/c1-13(20)18-11-15-9-16-7-8-17(10-15)19(16)12-14-5-3-2-4-6-14/h2-6,15-17H,7-12H2,1H3,(H,18,20)/t15-,16-,17+. The van der Waals surface area contributed by atoms with Gasteiger partial charge in [-0.25, -0.2) is 0 Å². The summed E-state index contributed by atoms with van der Waals surface area (Å²) in [6, 6.07) is 12.2. The molecule has 2 bridgehead atoms. The molecule has 2 aliphatic heterocycles. The van der Waals surface area contributed by atoms with Gasteiger partial charge < -0.3 is 5.32 Å². The van der Waals surface area contributed by atoms with E-state index in [9.17, 15) is 4.79 Å². The lowest BCUT2D eigenvalue weighted by Crippen LogP contribution is -2.44. The monoisotopic (exact) mass is 272 g/mol. The first-order chi connectivity index (χ1) is 9.72. The Labute approximate surface area is 121 Å². The summed E-state index contributed by atoms with van der Waals surface area (Å²) in [6.45, 7) is 3.56. The Morgan fingerprint density at radius 2 is 1.85 bits per heavy atom. The van der Waals surface area contributed by atoms with Gasteiger partial charge in [0, 0.05) is 32.1 Å². The zero-order valence-corrected chi connectivity index (χ0v) is 12.2. The molecule has 1 amide bonds. The fourth-order valence-electron chi connectivity index (χ4n) is 3.89. The zero-order valence-electron chi connectivity index (χ0n) is 12.2. The van der Waals surface area contributed by atoms with Gasteiger partial charge in [-0.05, 0) is 37.2 Å². The van der Waals surface area contributed by atoms with Gasteiger partial charge in [-0.15, -0.1) is 0 Å². The summed E-state index contributed by atoms with van der Waals surface area (Å²) in [5.41, 5.74) is 1.42. The molecule has 1 aromatic rings. The van der Waals surface area contributed by atoms with E-state index in [0.717, 1.165) is 13.1 Å². The quantitative estimate of drug-likeness (QED) is 0.913. The van der Waals surface area contributed by atoms with Crippen LogP contribution in [0.25, 0.3) is 0 Å². The number of benzene rings is 1. The van der Waals surface area contributed by atoms with E-state index in [2.05, 4.69) is 40.5 Å². The Kier molecular flexibility index (Phi) is 4.06. The number of piperidine rings is 1. The Bertz CT molecular complexity index is 445. The molecule has 0 radical (unpaired) electrons. The molecule has 20 heavy (non-hydrogen) atoms. The Morgan fingerprint density at radius 1 is 1.20 bits per heavy atom. The maximum absolute atomic E-state index is 11.0. The van der Waals surface area contributed by atoms with Gasteiger partial charge in [-0.1, -0.05) is 30.3 Å². The Morgan fingerprint density at radius 3 is 2.45 bits per heavy atom. The first kappa shape index (κ1) is 13.6. The summed E-state index contributed by atoms with van der Waals surface area (Å²) >= 11 is 0. The van der Waals surface area contributed by atoms with Crippen LogP contribution in [0.3, 0.4) is 0 Å². The summed E-state index contributed by atoms with van der Waals surface area (Å²) in [5.74, 6) is 0.771. The van der Waals surface area contributed by atoms with Crippen molar-refractivity contribution in [2.45, 2.75) is 51.2 Å². The minimum atomic E-state index is 0.101. The largest absolute Gasteiger partial charge is 0.356 e. The predicted octanol–water partition coefficient (Wildman–Crippen LogP) is 2.57. The summed E-state index contributed by atoms with van der Waals surface area (Å²) < 4.78 is 0. The average Bonchev–Trinajstić information content (AvgIpc) is 2.69. The highest BCUT2D eigenvalue weighted by Gasteiger charge is 2.40. The van der Waals surface area contributed by atoms with Crippen molar-refractivity contribution in [2.75, 3.05) is 6.54 Å². The van der Waals surface area contributed by atoms with Crippen molar-refractivity contribution in [1.29, 1.82) is 0 Å². The minimum absolute atomic E-state index is 0.101. The van der Waals surface area contributed by atoms with E-state index >= 15 is 0 Å². The van der Waals surface area contributed by atoms with Crippen molar-refractivity contribution in [3.05, 3.63) is 35.9 Å². The van der Waals surface area contributed by atoms with Gasteiger partial charge in [-0.2, -0.15) is 0 Å². The van der Waals surface area contributed by atoms with Gasteiger partial charge in [0.05, 0.1) is 0 Å². The van der Waals surface area contributed by atoms with Crippen molar-refractivity contribution in [1.82, 2.24) is 10.2 Å². The van der Waals surface area contributed by atoms with Crippen LogP contribution in [0, 0.1) is 5.92 Å². The van der Waals surface area contributed by atoms with Crippen molar-refractivity contribution in [3.63, 3.8) is 0 Å². The van der Waals surface area contributed by atoms with Gasteiger partial charge in [-0.3, -0.25) is 9.69 Å². The fraction of sp³-hybridized carbons (Fsp3) is 0.588. The Balaban J connectivity index is 1.59. The maximum Gasteiger partial charge on any atom is 0.216 e. The van der Waals surface area contributed by atoms with E-state index in [1.54, 1.807) is 6.92 Å². The van der Waals surface area contributed by atoms with E-state index in [-0.39, 0.29) is 5.91 Å². The van der Waals surface area contributed by atoms with Gasteiger partial charge in [0.1, 0.15) is 0 Å². The molecule has 0 saturated carbocycles. The highest BCUT2D eigenvalue weighted by molar-refractivity contribution is 5.72. The van der Waals surface area contributed by atoms with Crippen LogP contribution in [0.15, 0.2) is 30.3 Å². The first-order valence-electron chi connectivity index (χ1n) is 7.76. The molecule has 0 unspecified atom stereocenters. The molecule has 1 aromatic carbocycles. The molecule has 1 N–H and O–H groups in total. The van der Waals surface area contributed by atoms with Gasteiger partial charge in [0.2, 0.25) is 5.91 Å². The van der Waals surface area contributed by atoms with E-state index in [4.69, 9.17) is 0 Å². The minimum Gasteiger partial charge on any atom is -0.356 e. The SMILES string of the molecule is CC(=O)NC[C@@H]1C[C@H]2CC[C@@H](C1)N2Cc1ccccc1. The number of rotatable bonds is 4. The van der Waals surface area contributed by atoms with Crippen LogP contribution in [-0.2, 0) is 11.3 Å². The van der Waals surface area contributed by atoms with Crippen LogP contribution in [0.4, 0.5) is 0 Å². The molecule has 3 atom stereocenters. The summed E-state index contributed by atoms with van der Waals surface area (Å²) in [5, 5.41) is 2.99. The zero-order chi connectivity index (χ0) is 13.9.